The first-order valence-corrected chi connectivity index (χ1v) is 10.1. The third kappa shape index (κ3) is 9.52. The lowest BCUT2D eigenvalue weighted by atomic mass is 10.1. The number of nitrogens with zero attached hydrogens (tertiary/aromatic N) is 1. The number of aliphatic carboxylic acids is 1. The molecule has 1 heterocycles. The number of amides is 1. The number of hydrogen-bond acceptors (Lipinski definition) is 4. The number of unbranched alkanes of at least 4 members (excludes halogenated alkanes) is 8. The van der Waals surface area contributed by atoms with E-state index < -0.39 is 24.0 Å². The molecule has 0 bridgehead atoms. The summed E-state index contributed by atoms with van der Waals surface area (Å²) in [6.07, 6.45) is 9.32. The van der Waals surface area contributed by atoms with Gasteiger partial charge in [-0.05, 0) is 24.5 Å². The zero-order valence-electron chi connectivity index (χ0n) is 16.9. The van der Waals surface area contributed by atoms with Gasteiger partial charge in [0, 0.05) is 13.3 Å². The summed E-state index contributed by atoms with van der Waals surface area (Å²) in [5, 5.41) is 21.7. The van der Waals surface area contributed by atoms with Crippen LogP contribution in [-0.2, 0) is 9.59 Å². The number of aromatic nitrogens is 1. The second kappa shape index (κ2) is 13.7. The topological polar surface area (TPSA) is 99.5 Å². The molecule has 1 rings (SSSR count). The van der Waals surface area contributed by atoms with Crippen molar-refractivity contribution in [1.82, 2.24) is 10.3 Å². The molecule has 154 valence electrons. The molecular formula is C22H32N2O4. The first-order chi connectivity index (χ1) is 13.5. The fraction of sp³-hybridized carbons (Fsp3) is 0.591. The molecule has 1 amide bonds. The molecule has 0 aliphatic carbocycles. The Morgan fingerprint density at radius 1 is 1.11 bits per heavy atom. The zero-order chi connectivity index (χ0) is 20.8. The molecule has 6 nitrogen and oxygen atoms in total. The Bertz CT molecular complexity index is 679. The van der Waals surface area contributed by atoms with Crippen molar-refractivity contribution in [3.05, 3.63) is 29.6 Å². The molecule has 0 aromatic carbocycles. The van der Waals surface area contributed by atoms with Crippen LogP contribution in [0.25, 0.3) is 0 Å². The Labute approximate surface area is 167 Å². The van der Waals surface area contributed by atoms with Crippen molar-refractivity contribution in [1.29, 1.82) is 0 Å². The standard InChI is InChI=1S/C22H32N2O4/c1-3-4-5-6-7-8-9-10-11-12-14-18-15-13-16-19(24-18)21(26)20(22(27)28)23-17(2)25/h13,15-16,20-21,26H,3-11H2,1-2H3,(H,23,25)(H,27,28). The number of carbonyl (C=O) groups excluding carboxylic acids is 1. The van der Waals surface area contributed by atoms with Crippen molar-refractivity contribution in [3.63, 3.8) is 0 Å². The Kier molecular flexibility index (Phi) is 11.6. The van der Waals surface area contributed by atoms with E-state index in [1.54, 1.807) is 12.1 Å². The number of carboxylic acids is 1. The van der Waals surface area contributed by atoms with Crippen molar-refractivity contribution in [2.45, 2.75) is 83.8 Å². The first kappa shape index (κ1) is 23.6. The molecule has 0 fully saturated rings. The maximum Gasteiger partial charge on any atom is 0.329 e. The molecule has 0 aliphatic rings. The monoisotopic (exact) mass is 388 g/mol. The summed E-state index contributed by atoms with van der Waals surface area (Å²) in [5.74, 6) is 4.19. The summed E-state index contributed by atoms with van der Waals surface area (Å²) < 4.78 is 0. The van der Waals surface area contributed by atoms with E-state index in [0.29, 0.717) is 5.69 Å². The number of rotatable bonds is 12. The number of aliphatic hydroxyl groups excluding tert-OH is 1. The predicted molar refractivity (Wildman–Crippen MR) is 109 cm³/mol. The largest absolute Gasteiger partial charge is 0.480 e. The molecule has 0 radical (unpaired) electrons. The van der Waals surface area contributed by atoms with Gasteiger partial charge in [0.25, 0.3) is 0 Å². The molecule has 0 saturated carbocycles. The van der Waals surface area contributed by atoms with Crippen molar-refractivity contribution in [2.24, 2.45) is 0 Å². The van der Waals surface area contributed by atoms with Gasteiger partial charge in [0.05, 0.1) is 5.69 Å². The minimum atomic E-state index is -1.45. The van der Waals surface area contributed by atoms with Gasteiger partial charge in [-0.25, -0.2) is 9.78 Å². The molecule has 2 atom stereocenters. The molecule has 2 unspecified atom stereocenters. The Morgan fingerprint density at radius 2 is 1.75 bits per heavy atom. The van der Waals surface area contributed by atoms with Crippen molar-refractivity contribution in [3.8, 4) is 11.8 Å². The number of pyridine rings is 1. The number of aliphatic hydroxyl groups is 1. The second-order valence-corrected chi connectivity index (χ2v) is 6.94. The SMILES string of the molecule is CCCCCCCCCCC#Cc1cccc(C(O)C(NC(C)=O)C(=O)O)n1. The molecule has 1 aromatic heterocycles. The average molecular weight is 389 g/mol. The molecule has 1 aromatic rings. The maximum absolute atomic E-state index is 11.3. The van der Waals surface area contributed by atoms with Crippen molar-refractivity contribution < 1.29 is 19.8 Å². The van der Waals surface area contributed by atoms with E-state index in [-0.39, 0.29) is 5.69 Å². The molecule has 6 heteroatoms. The van der Waals surface area contributed by atoms with Crippen LogP contribution in [-0.4, -0.2) is 33.1 Å². The summed E-state index contributed by atoms with van der Waals surface area (Å²) in [7, 11) is 0. The molecule has 0 saturated heterocycles. The van der Waals surface area contributed by atoms with Crippen LogP contribution in [0.2, 0.25) is 0 Å². The Morgan fingerprint density at radius 3 is 2.36 bits per heavy atom. The summed E-state index contributed by atoms with van der Waals surface area (Å²) in [5.41, 5.74) is 0.642. The van der Waals surface area contributed by atoms with E-state index >= 15 is 0 Å². The van der Waals surface area contributed by atoms with Crippen LogP contribution in [0, 0.1) is 11.8 Å². The third-order valence-corrected chi connectivity index (χ3v) is 4.39. The van der Waals surface area contributed by atoms with Gasteiger partial charge < -0.3 is 15.5 Å². The van der Waals surface area contributed by atoms with Crippen LogP contribution in [0.1, 0.15) is 89.1 Å². The van der Waals surface area contributed by atoms with Gasteiger partial charge in [-0.1, -0.05) is 63.9 Å². The average Bonchev–Trinajstić information content (AvgIpc) is 2.67. The van der Waals surface area contributed by atoms with Crippen LogP contribution in [0.3, 0.4) is 0 Å². The summed E-state index contributed by atoms with van der Waals surface area (Å²) in [4.78, 5) is 26.6. The number of carbonyl (C=O) groups is 2. The molecule has 0 spiro atoms. The summed E-state index contributed by atoms with van der Waals surface area (Å²) >= 11 is 0. The van der Waals surface area contributed by atoms with Gasteiger partial charge in [0.1, 0.15) is 11.8 Å². The highest BCUT2D eigenvalue weighted by molar-refractivity contribution is 5.82. The van der Waals surface area contributed by atoms with Crippen LogP contribution < -0.4 is 5.32 Å². The van der Waals surface area contributed by atoms with E-state index in [0.717, 1.165) is 12.8 Å². The van der Waals surface area contributed by atoms with Crippen LogP contribution >= 0.6 is 0 Å². The van der Waals surface area contributed by atoms with Crippen molar-refractivity contribution >= 4 is 11.9 Å². The number of carboxylic acid groups (broad SMARTS) is 1. The van der Waals surface area contributed by atoms with Gasteiger partial charge in [-0.15, -0.1) is 0 Å². The summed E-state index contributed by atoms with van der Waals surface area (Å²) in [6.45, 7) is 3.42. The molecule has 0 aliphatic heterocycles. The first-order valence-electron chi connectivity index (χ1n) is 10.1. The molecular weight excluding hydrogens is 356 g/mol. The number of nitrogens with one attached hydrogen (secondary N) is 1. The maximum atomic E-state index is 11.3. The minimum Gasteiger partial charge on any atom is -0.480 e. The smallest absolute Gasteiger partial charge is 0.329 e. The Balaban J connectivity index is 2.50. The van der Waals surface area contributed by atoms with Crippen molar-refractivity contribution in [2.75, 3.05) is 0 Å². The predicted octanol–water partition coefficient (Wildman–Crippen LogP) is 3.59. The lowest BCUT2D eigenvalue weighted by molar-refractivity contribution is -0.145. The quantitative estimate of drug-likeness (QED) is 0.375. The zero-order valence-corrected chi connectivity index (χ0v) is 16.9. The normalized spacial score (nSPS) is 12.5. The summed E-state index contributed by atoms with van der Waals surface area (Å²) in [6, 6.07) is 3.45. The minimum absolute atomic E-state index is 0.167. The lowest BCUT2D eigenvalue weighted by Crippen LogP contribution is -2.44. The van der Waals surface area contributed by atoms with Gasteiger partial charge in [0.2, 0.25) is 5.91 Å². The van der Waals surface area contributed by atoms with E-state index in [1.165, 1.54) is 57.9 Å². The van der Waals surface area contributed by atoms with Gasteiger partial charge in [0.15, 0.2) is 6.04 Å². The molecule has 28 heavy (non-hydrogen) atoms. The second-order valence-electron chi connectivity index (χ2n) is 6.94. The highest BCUT2D eigenvalue weighted by atomic mass is 16.4. The van der Waals surface area contributed by atoms with E-state index in [4.69, 9.17) is 0 Å². The van der Waals surface area contributed by atoms with Crippen LogP contribution in [0.5, 0.6) is 0 Å². The fourth-order valence-electron chi connectivity index (χ4n) is 2.85. The highest BCUT2D eigenvalue weighted by Crippen LogP contribution is 2.15. The fourth-order valence-corrected chi connectivity index (χ4v) is 2.85. The van der Waals surface area contributed by atoms with E-state index in [1.807, 2.05) is 0 Å². The van der Waals surface area contributed by atoms with E-state index in [9.17, 15) is 19.8 Å². The van der Waals surface area contributed by atoms with E-state index in [2.05, 4.69) is 29.1 Å². The number of hydrogen-bond donors (Lipinski definition) is 3. The highest BCUT2D eigenvalue weighted by Gasteiger charge is 2.29. The lowest BCUT2D eigenvalue weighted by Gasteiger charge is -2.19. The molecule has 3 N–H and O–H groups in total. The third-order valence-electron chi connectivity index (χ3n) is 4.39. The van der Waals surface area contributed by atoms with Crippen LogP contribution in [0.4, 0.5) is 0 Å². The Hall–Kier alpha value is -2.39. The van der Waals surface area contributed by atoms with Crippen LogP contribution in [0.15, 0.2) is 18.2 Å². The van der Waals surface area contributed by atoms with Gasteiger partial charge in [-0.3, -0.25) is 4.79 Å². The van der Waals surface area contributed by atoms with Gasteiger partial charge >= 0.3 is 5.97 Å². The van der Waals surface area contributed by atoms with Gasteiger partial charge in [-0.2, -0.15) is 0 Å².